The van der Waals surface area contributed by atoms with Gasteiger partial charge in [0.15, 0.2) is 0 Å². The molecule has 0 spiro atoms. The number of rotatable bonds is 3. The molecule has 2 N–H and O–H groups in total. The molecular formula is C16H19N3. The third-order valence-electron chi connectivity index (χ3n) is 4.36. The number of hydrogen-bond donors (Lipinski definition) is 2. The van der Waals surface area contributed by atoms with E-state index >= 15 is 0 Å². The number of benzene rings is 1. The molecule has 0 radical (unpaired) electrons. The van der Waals surface area contributed by atoms with Crippen LogP contribution in [0.25, 0.3) is 15.7 Å². The monoisotopic (exact) mass is 253 g/mol. The topological polar surface area (TPSA) is 32.2 Å². The first kappa shape index (κ1) is 12.3. The SMILES string of the molecule is [C-]#[N+]c1c[nH]c2ccc(C3CCCC3CNC)cc12. The second-order valence-corrected chi connectivity index (χ2v) is 5.45. The van der Waals surface area contributed by atoms with Crippen LogP contribution in [0.5, 0.6) is 0 Å². The predicted molar refractivity (Wildman–Crippen MR) is 78.6 cm³/mol. The zero-order valence-corrected chi connectivity index (χ0v) is 11.2. The first-order valence-corrected chi connectivity index (χ1v) is 6.96. The molecule has 0 aliphatic heterocycles. The van der Waals surface area contributed by atoms with E-state index in [1.54, 1.807) is 6.20 Å². The van der Waals surface area contributed by atoms with Gasteiger partial charge in [-0.15, -0.1) is 0 Å². The molecule has 2 aromatic rings. The summed E-state index contributed by atoms with van der Waals surface area (Å²) >= 11 is 0. The minimum atomic E-state index is 0.644. The number of nitrogens with one attached hydrogen (secondary N) is 2. The van der Waals surface area contributed by atoms with Crippen LogP contribution in [0.2, 0.25) is 0 Å². The predicted octanol–water partition coefficient (Wildman–Crippen LogP) is 3.82. The van der Waals surface area contributed by atoms with Crippen molar-refractivity contribution in [1.29, 1.82) is 0 Å². The van der Waals surface area contributed by atoms with Gasteiger partial charge in [0.05, 0.1) is 6.57 Å². The van der Waals surface area contributed by atoms with Crippen LogP contribution in [-0.2, 0) is 0 Å². The lowest BCUT2D eigenvalue weighted by Crippen LogP contribution is -2.20. The average molecular weight is 253 g/mol. The van der Waals surface area contributed by atoms with Gasteiger partial charge in [-0.05, 0) is 49.9 Å². The second-order valence-electron chi connectivity index (χ2n) is 5.45. The third-order valence-corrected chi connectivity index (χ3v) is 4.36. The molecule has 1 aromatic carbocycles. The van der Waals surface area contributed by atoms with Crippen molar-refractivity contribution in [2.45, 2.75) is 25.2 Å². The summed E-state index contributed by atoms with van der Waals surface area (Å²) in [5, 5.41) is 4.38. The van der Waals surface area contributed by atoms with Gasteiger partial charge in [0.2, 0.25) is 5.69 Å². The summed E-state index contributed by atoms with van der Waals surface area (Å²) in [5.41, 5.74) is 3.20. The molecule has 1 heterocycles. The average Bonchev–Trinajstić information content (AvgIpc) is 3.04. The smallest absolute Gasteiger partial charge is 0.211 e. The van der Waals surface area contributed by atoms with E-state index in [0.717, 1.165) is 29.1 Å². The maximum absolute atomic E-state index is 7.22. The van der Waals surface area contributed by atoms with Crippen LogP contribution in [0.1, 0.15) is 30.7 Å². The van der Waals surface area contributed by atoms with Gasteiger partial charge in [-0.25, -0.2) is 4.85 Å². The highest BCUT2D eigenvalue weighted by Gasteiger charge is 2.28. The zero-order chi connectivity index (χ0) is 13.2. The lowest BCUT2D eigenvalue weighted by Gasteiger charge is -2.20. The fourth-order valence-electron chi connectivity index (χ4n) is 3.43. The highest BCUT2D eigenvalue weighted by Crippen LogP contribution is 2.40. The van der Waals surface area contributed by atoms with Crippen LogP contribution in [0.3, 0.4) is 0 Å². The van der Waals surface area contributed by atoms with E-state index in [9.17, 15) is 0 Å². The van der Waals surface area contributed by atoms with E-state index < -0.39 is 0 Å². The van der Waals surface area contributed by atoms with Crippen molar-refractivity contribution in [1.82, 2.24) is 10.3 Å². The van der Waals surface area contributed by atoms with Crippen molar-refractivity contribution in [2.75, 3.05) is 13.6 Å². The Balaban J connectivity index is 1.98. The van der Waals surface area contributed by atoms with Gasteiger partial charge in [-0.3, -0.25) is 0 Å². The fraction of sp³-hybridized carbons (Fsp3) is 0.438. The van der Waals surface area contributed by atoms with Gasteiger partial charge in [-0.1, -0.05) is 18.6 Å². The number of fused-ring (bicyclic) bond motifs is 1. The van der Waals surface area contributed by atoms with Crippen molar-refractivity contribution in [2.24, 2.45) is 5.92 Å². The van der Waals surface area contributed by atoms with Crippen LogP contribution in [0, 0.1) is 12.5 Å². The molecule has 3 heteroatoms. The van der Waals surface area contributed by atoms with Crippen LogP contribution in [-0.4, -0.2) is 18.6 Å². The third kappa shape index (κ3) is 2.13. The molecule has 0 bridgehead atoms. The molecule has 1 fully saturated rings. The van der Waals surface area contributed by atoms with Crippen molar-refractivity contribution in [3.63, 3.8) is 0 Å². The number of aromatic nitrogens is 1. The molecule has 2 atom stereocenters. The number of nitrogens with zero attached hydrogens (tertiary/aromatic N) is 1. The Bertz CT molecular complexity index is 620. The Hall–Kier alpha value is -1.79. The summed E-state index contributed by atoms with van der Waals surface area (Å²) in [5.74, 6) is 1.38. The normalized spacial score (nSPS) is 22.7. The largest absolute Gasteiger partial charge is 0.372 e. The Morgan fingerprint density at radius 1 is 1.42 bits per heavy atom. The van der Waals surface area contributed by atoms with Crippen molar-refractivity contribution in [3.8, 4) is 0 Å². The molecule has 2 unspecified atom stereocenters. The maximum atomic E-state index is 7.22. The Labute approximate surface area is 113 Å². The summed E-state index contributed by atoms with van der Waals surface area (Å²) in [4.78, 5) is 6.76. The number of H-pyrrole nitrogens is 1. The molecule has 0 amide bonds. The minimum Gasteiger partial charge on any atom is -0.372 e. The highest BCUT2D eigenvalue weighted by atomic mass is 14.8. The van der Waals surface area contributed by atoms with Crippen LogP contribution >= 0.6 is 0 Å². The van der Waals surface area contributed by atoms with E-state index in [1.807, 2.05) is 7.05 Å². The van der Waals surface area contributed by atoms with Gasteiger partial charge in [-0.2, -0.15) is 0 Å². The standard InChI is InChI=1S/C16H19N3/c1-17-9-12-4-3-5-13(12)11-6-7-15-14(8-11)16(18-2)10-19-15/h6-8,10,12-13,17,19H,3-5,9H2,1H3. The van der Waals surface area contributed by atoms with E-state index in [0.29, 0.717) is 5.92 Å². The number of hydrogen-bond acceptors (Lipinski definition) is 1. The maximum Gasteiger partial charge on any atom is 0.211 e. The minimum absolute atomic E-state index is 0.644. The van der Waals surface area contributed by atoms with Gasteiger partial charge in [0.1, 0.15) is 0 Å². The second kappa shape index (κ2) is 5.07. The molecule has 98 valence electrons. The summed E-state index contributed by atoms with van der Waals surface area (Å²) in [7, 11) is 2.03. The van der Waals surface area contributed by atoms with E-state index in [-0.39, 0.29) is 0 Å². The van der Waals surface area contributed by atoms with Crippen molar-refractivity contribution < 1.29 is 0 Å². The Kier molecular flexibility index (Phi) is 3.27. The molecule has 3 rings (SSSR count). The van der Waals surface area contributed by atoms with Crippen molar-refractivity contribution >= 4 is 16.6 Å². The highest BCUT2D eigenvalue weighted by molar-refractivity contribution is 5.93. The molecule has 1 aliphatic rings. The van der Waals surface area contributed by atoms with E-state index in [4.69, 9.17) is 6.57 Å². The van der Waals surface area contributed by atoms with Crippen LogP contribution < -0.4 is 5.32 Å². The van der Waals surface area contributed by atoms with Crippen LogP contribution in [0.15, 0.2) is 24.4 Å². The lowest BCUT2D eigenvalue weighted by atomic mass is 9.88. The van der Waals surface area contributed by atoms with E-state index in [2.05, 4.69) is 33.3 Å². The molecule has 19 heavy (non-hydrogen) atoms. The molecule has 1 aromatic heterocycles. The Morgan fingerprint density at radius 3 is 3.11 bits per heavy atom. The van der Waals surface area contributed by atoms with Gasteiger partial charge in [0.25, 0.3) is 0 Å². The van der Waals surface area contributed by atoms with Crippen LogP contribution in [0.4, 0.5) is 5.69 Å². The lowest BCUT2D eigenvalue weighted by molar-refractivity contribution is 0.463. The summed E-state index contributed by atoms with van der Waals surface area (Å²) in [6.45, 7) is 8.31. The fourth-order valence-corrected chi connectivity index (χ4v) is 3.43. The summed E-state index contributed by atoms with van der Waals surface area (Å²) in [6, 6.07) is 6.57. The first-order valence-electron chi connectivity index (χ1n) is 6.96. The summed E-state index contributed by atoms with van der Waals surface area (Å²) < 4.78 is 0. The summed E-state index contributed by atoms with van der Waals surface area (Å²) in [6.07, 6.45) is 5.71. The number of aromatic amines is 1. The molecule has 1 saturated carbocycles. The van der Waals surface area contributed by atoms with Crippen molar-refractivity contribution in [3.05, 3.63) is 41.4 Å². The molecule has 0 saturated heterocycles. The molecule has 3 nitrogen and oxygen atoms in total. The van der Waals surface area contributed by atoms with Gasteiger partial charge in [0, 0.05) is 17.1 Å². The molecular weight excluding hydrogens is 234 g/mol. The zero-order valence-electron chi connectivity index (χ0n) is 11.2. The first-order chi connectivity index (χ1) is 9.33. The molecule has 1 aliphatic carbocycles. The van der Waals surface area contributed by atoms with Gasteiger partial charge >= 0.3 is 0 Å². The van der Waals surface area contributed by atoms with Gasteiger partial charge < -0.3 is 10.3 Å². The quantitative estimate of drug-likeness (QED) is 0.801. The van der Waals surface area contributed by atoms with E-state index in [1.165, 1.54) is 24.8 Å². The Morgan fingerprint density at radius 2 is 2.32 bits per heavy atom.